The molecule has 2 aromatic rings. The van der Waals surface area contributed by atoms with Gasteiger partial charge >= 0.3 is 0 Å². The number of hydrogen-bond donors (Lipinski definition) is 1. The van der Waals surface area contributed by atoms with Crippen LogP contribution < -0.4 is 5.32 Å². The molecule has 0 saturated carbocycles. The second kappa shape index (κ2) is 5.70. The lowest BCUT2D eigenvalue weighted by Crippen LogP contribution is -2.10. The summed E-state index contributed by atoms with van der Waals surface area (Å²) in [5.74, 6) is 0.594. The fourth-order valence-corrected chi connectivity index (χ4v) is 2.62. The minimum atomic E-state index is -0.244. The van der Waals surface area contributed by atoms with Gasteiger partial charge in [0.05, 0.1) is 0 Å². The van der Waals surface area contributed by atoms with E-state index in [-0.39, 0.29) is 5.82 Å². The van der Waals surface area contributed by atoms with Crippen molar-refractivity contribution < 1.29 is 4.39 Å². The van der Waals surface area contributed by atoms with Gasteiger partial charge in [0.1, 0.15) is 11.7 Å². The Labute approximate surface area is 128 Å². The Bertz CT molecular complexity index is 750. The first-order valence-corrected chi connectivity index (χ1v) is 7.04. The first-order chi connectivity index (χ1) is 10.2. The van der Waals surface area contributed by atoms with Gasteiger partial charge < -0.3 is 5.32 Å². The molecule has 2 aromatic carbocycles. The van der Waals surface area contributed by atoms with E-state index >= 15 is 0 Å². The molecule has 0 fully saturated rings. The zero-order valence-corrected chi connectivity index (χ0v) is 12.3. The highest BCUT2D eigenvalue weighted by Gasteiger charge is 2.17. The van der Waals surface area contributed by atoms with Crippen LogP contribution in [0.15, 0.2) is 53.5 Å². The van der Waals surface area contributed by atoms with E-state index < -0.39 is 0 Å². The van der Waals surface area contributed by atoms with Crippen LogP contribution in [-0.2, 0) is 0 Å². The molecule has 4 heteroatoms. The summed E-state index contributed by atoms with van der Waals surface area (Å²) in [7, 11) is 1.74. The predicted molar refractivity (Wildman–Crippen MR) is 86.5 cm³/mol. The van der Waals surface area contributed by atoms with Gasteiger partial charge in [0.25, 0.3) is 0 Å². The third kappa shape index (κ3) is 2.69. The highest BCUT2D eigenvalue weighted by molar-refractivity contribution is 6.31. The van der Waals surface area contributed by atoms with Gasteiger partial charge in [-0.05, 0) is 29.8 Å². The summed E-state index contributed by atoms with van der Waals surface area (Å²) < 4.78 is 14.2. The van der Waals surface area contributed by atoms with Crippen LogP contribution in [0.4, 0.5) is 10.1 Å². The second-order valence-corrected chi connectivity index (χ2v) is 5.22. The van der Waals surface area contributed by atoms with Crippen LogP contribution in [0.5, 0.6) is 0 Å². The topological polar surface area (TPSA) is 24.4 Å². The van der Waals surface area contributed by atoms with Crippen LogP contribution in [0.2, 0.25) is 5.02 Å². The van der Waals surface area contributed by atoms with Gasteiger partial charge in [-0.25, -0.2) is 4.39 Å². The monoisotopic (exact) mass is 300 g/mol. The van der Waals surface area contributed by atoms with E-state index in [2.05, 4.69) is 10.3 Å². The van der Waals surface area contributed by atoms with E-state index in [4.69, 9.17) is 11.6 Å². The number of halogens is 2. The first-order valence-electron chi connectivity index (χ1n) is 6.66. The lowest BCUT2D eigenvalue weighted by Gasteiger charge is -2.13. The fourth-order valence-electron chi connectivity index (χ4n) is 2.45. The van der Waals surface area contributed by atoms with Gasteiger partial charge in [0.2, 0.25) is 0 Å². The smallest absolute Gasteiger partial charge is 0.131 e. The van der Waals surface area contributed by atoms with Crippen molar-refractivity contribution in [1.82, 2.24) is 0 Å². The maximum Gasteiger partial charge on any atom is 0.131 e. The van der Waals surface area contributed by atoms with Crippen molar-refractivity contribution in [1.29, 1.82) is 0 Å². The minimum absolute atomic E-state index is 0.244. The van der Waals surface area contributed by atoms with E-state index in [0.29, 0.717) is 17.0 Å². The molecule has 0 aliphatic carbocycles. The number of anilines is 1. The van der Waals surface area contributed by atoms with Crippen LogP contribution in [0.25, 0.3) is 5.57 Å². The van der Waals surface area contributed by atoms with Crippen molar-refractivity contribution in [3.05, 3.63) is 70.5 Å². The SMILES string of the molecule is CN=C1CC=C(c2ccccc2F)c2cc(Cl)ccc2N1. The average Bonchev–Trinajstić information content (AvgIpc) is 2.67. The van der Waals surface area contributed by atoms with E-state index in [1.807, 2.05) is 30.3 Å². The summed E-state index contributed by atoms with van der Waals surface area (Å²) in [5, 5.41) is 3.89. The molecule has 1 aliphatic heterocycles. The van der Waals surface area contributed by atoms with E-state index in [1.165, 1.54) is 6.07 Å². The van der Waals surface area contributed by atoms with Gasteiger partial charge in [-0.2, -0.15) is 0 Å². The van der Waals surface area contributed by atoms with Crippen molar-refractivity contribution in [2.45, 2.75) is 6.42 Å². The molecule has 0 aromatic heterocycles. The molecule has 0 saturated heterocycles. The summed E-state index contributed by atoms with van der Waals surface area (Å²) in [6, 6.07) is 12.3. The number of nitrogens with zero attached hydrogens (tertiary/aromatic N) is 1. The molecule has 0 unspecified atom stereocenters. The van der Waals surface area contributed by atoms with E-state index in [0.717, 1.165) is 22.7 Å². The molecule has 21 heavy (non-hydrogen) atoms. The lowest BCUT2D eigenvalue weighted by atomic mass is 9.96. The standard InChI is InChI=1S/C17H14ClFN2/c1-20-17-9-7-12(13-4-2-3-5-15(13)19)14-10-11(18)6-8-16(14)21-17/h2-8,10H,9H2,1H3,(H,20,21). The maximum absolute atomic E-state index is 14.2. The Morgan fingerprint density at radius 3 is 2.71 bits per heavy atom. The van der Waals surface area contributed by atoms with Crippen molar-refractivity contribution in [3.8, 4) is 0 Å². The number of nitrogens with one attached hydrogen (secondary N) is 1. The molecule has 3 rings (SSSR count). The normalized spacial score (nSPS) is 16.0. The largest absolute Gasteiger partial charge is 0.343 e. The van der Waals surface area contributed by atoms with Gasteiger partial charge in [-0.15, -0.1) is 0 Å². The molecule has 0 spiro atoms. The number of rotatable bonds is 1. The summed E-state index contributed by atoms with van der Waals surface area (Å²) in [4.78, 5) is 4.21. The van der Waals surface area contributed by atoms with E-state index in [9.17, 15) is 4.39 Å². The van der Waals surface area contributed by atoms with Crippen molar-refractivity contribution in [2.24, 2.45) is 4.99 Å². The predicted octanol–water partition coefficient (Wildman–Crippen LogP) is 4.75. The quantitative estimate of drug-likeness (QED) is 0.807. The van der Waals surface area contributed by atoms with E-state index in [1.54, 1.807) is 19.2 Å². The summed E-state index contributed by atoms with van der Waals surface area (Å²) in [6.07, 6.45) is 2.60. The Morgan fingerprint density at radius 2 is 1.95 bits per heavy atom. The fraction of sp³-hybridized carbons (Fsp3) is 0.118. The Hall–Kier alpha value is -2.13. The van der Waals surface area contributed by atoms with Crippen LogP contribution >= 0.6 is 11.6 Å². The third-order valence-electron chi connectivity index (χ3n) is 3.48. The Kier molecular flexibility index (Phi) is 3.76. The van der Waals surface area contributed by atoms with Crippen molar-refractivity contribution >= 4 is 28.7 Å². The molecule has 1 heterocycles. The van der Waals surface area contributed by atoms with Gasteiger partial charge in [0.15, 0.2) is 0 Å². The van der Waals surface area contributed by atoms with Crippen molar-refractivity contribution in [3.63, 3.8) is 0 Å². The van der Waals surface area contributed by atoms with Gasteiger partial charge in [-0.1, -0.05) is 35.9 Å². The van der Waals surface area contributed by atoms with Gasteiger partial charge in [0, 0.05) is 35.3 Å². The number of hydrogen-bond acceptors (Lipinski definition) is 1. The van der Waals surface area contributed by atoms with Gasteiger partial charge in [-0.3, -0.25) is 4.99 Å². The molecule has 0 atom stereocenters. The third-order valence-corrected chi connectivity index (χ3v) is 3.72. The van der Waals surface area contributed by atoms with Crippen LogP contribution in [-0.4, -0.2) is 12.9 Å². The summed E-state index contributed by atoms with van der Waals surface area (Å²) in [6.45, 7) is 0. The van der Waals surface area contributed by atoms with Crippen LogP contribution in [0.1, 0.15) is 17.5 Å². The second-order valence-electron chi connectivity index (χ2n) is 4.79. The number of amidine groups is 1. The average molecular weight is 301 g/mol. The molecule has 1 N–H and O–H groups in total. The maximum atomic E-state index is 14.2. The zero-order chi connectivity index (χ0) is 14.8. The Balaban J connectivity index is 2.23. The molecular formula is C17H14ClFN2. The Morgan fingerprint density at radius 1 is 1.14 bits per heavy atom. The molecular weight excluding hydrogens is 287 g/mol. The van der Waals surface area contributed by atoms with Crippen molar-refractivity contribution in [2.75, 3.05) is 12.4 Å². The summed E-state index contributed by atoms with van der Waals surface area (Å²) in [5.41, 5.74) is 3.16. The number of aliphatic imine (C=N–C) groups is 1. The highest BCUT2D eigenvalue weighted by Crippen LogP contribution is 2.35. The number of fused-ring (bicyclic) bond motifs is 1. The molecule has 2 nitrogen and oxygen atoms in total. The molecule has 106 valence electrons. The lowest BCUT2D eigenvalue weighted by molar-refractivity contribution is 0.624. The van der Waals surface area contributed by atoms with Crippen LogP contribution in [0, 0.1) is 5.82 Å². The summed E-state index contributed by atoms with van der Waals surface area (Å²) >= 11 is 6.11. The highest BCUT2D eigenvalue weighted by atomic mass is 35.5. The molecule has 0 amide bonds. The zero-order valence-electron chi connectivity index (χ0n) is 11.5. The first kappa shape index (κ1) is 13.8. The minimum Gasteiger partial charge on any atom is -0.343 e. The number of benzene rings is 2. The molecule has 0 radical (unpaired) electrons. The molecule has 1 aliphatic rings. The molecule has 0 bridgehead atoms. The van der Waals surface area contributed by atoms with Crippen LogP contribution in [0.3, 0.4) is 0 Å².